The zero-order chi connectivity index (χ0) is 16.2. The second kappa shape index (κ2) is 7.54. The van der Waals surface area contributed by atoms with Gasteiger partial charge >= 0.3 is 0 Å². The van der Waals surface area contributed by atoms with Gasteiger partial charge in [0.2, 0.25) is 15.9 Å². The van der Waals surface area contributed by atoms with E-state index in [2.05, 4.69) is 26.0 Å². The number of nitrogens with one attached hydrogen (secondary N) is 2. The first-order valence-electron chi connectivity index (χ1n) is 7.06. The van der Waals surface area contributed by atoms with Crippen LogP contribution in [0.1, 0.15) is 19.8 Å². The number of carbonyl (C=O) groups excluding carboxylic acids is 1. The van der Waals surface area contributed by atoms with Crippen molar-refractivity contribution in [2.75, 3.05) is 13.2 Å². The molecule has 0 bridgehead atoms. The molecule has 1 heterocycles. The Morgan fingerprint density at radius 1 is 1.41 bits per heavy atom. The summed E-state index contributed by atoms with van der Waals surface area (Å²) in [7, 11) is -3.72. The standard InChI is InChI=1S/C14H19BrN2O4S/c1-10(14(18)16-9-12-3-2-8-21-12)17-22(19,20)13-6-4-11(15)5-7-13/h4-7,10,12,17H,2-3,8-9H2,1H3,(H,16,18)/t10-,12+/m1/s1. The van der Waals surface area contributed by atoms with Crippen LogP contribution < -0.4 is 10.0 Å². The van der Waals surface area contributed by atoms with Crippen LogP contribution in [0.5, 0.6) is 0 Å². The van der Waals surface area contributed by atoms with Crippen molar-refractivity contribution in [3.05, 3.63) is 28.7 Å². The molecule has 22 heavy (non-hydrogen) atoms. The zero-order valence-corrected chi connectivity index (χ0v) is 14.6. The molecule has 1 aromatic carbocycles. The first-order chi connectivity index (χ1) is 10.4. The molecule has 0 aromatic heterocycles. The van der Waals surface area contributed by atoms with Crippen LogP contribution in [0.2, 0.25) is 0 Å². The van der Waals surface area contributed by atoms with Gasteiger partial charge in [0.25, 0.3) is 0 Å². The largest absolute Gasteiger partial charge is 0.376 e. The van der Waals surface area contributed by atoms with E-state index in [1.807, 2.05) is 0 Å². The summed E-state index contributed by atoms with van der Waals surface area (Å²) in [4.78, 5) is 12.1. The second-order valence-corrected chi connectivity index (χ2v) is 7.81. The molecular formula is C14H19BrN2O4S. The Labute approximate surface area is 138 Å². The van der Waals surface area contributed by atoms with Crippen molar-refractivity contribution < 1.29 is 17.9 Å². The number of carbonyl (C=O) groups is 1. The van der Waals surface area contributed by atoms with Crippen LogP contribution in [-0.2, 0) is 19.6 Å². The van der Waals surface area contributed by atoms with Gasteiger partial charge in [0.1, 0.15) is 0 Å². The molecule has 2 N–H and O–H groups in total. The fourth-order valence-electron chi connectivity index (χ4n) is 2.14. The minimum absolute atomic E-state index is 0.0271. The van der Waals surface area contributed by atoms with E-state index in [4.69, 9.17) is 4.74 Å². The molecule has 0 unspecified atom stereocenters. The molecule has 6 nitrogen and oxygen atoms in total. The fraction of sp³-hybridized carbons (Fsp3) is 0.500. The third-order valence-electron chi connectivity index (χ3n) is 3.38. The Balaban J connectivity index is 1.90. The number of halogens is 1. The fourth-order valence-corrected chi connectivity index (χ4v) is 3.61. The summed E-state index contributed by atoms with van der Waals surface area (Å²) in [6.07, 6.45) is 1.94. The molecule has 1 aromatic rings. The van der Waals surface area contributed by atoms with Crippen LogP contribution in [-0.4, -0.2) is 39.6 Å². The lowest BCUT2D eigenvalue weighted by molar-refractivity contribution is -0.122. The van der Waals surface area contributed by atoms with E-state index >= 15 is 0 Å². The molecule has 1 amide bonds. The zero-order valence-electron chi connectivity index (χ0n) is 12.2. The maximum Gasteiger partial charge on any atom is 0.241 e. The van der Waals surface area contributed by atoms with Gasteiger partial charge in [-0.3, -0.25) is 4.79 Å². The first kappa shape index (κ1) is 17.4. The van der Waals surface area contributed by atoms with Crippen LogP contribution in [0.4, 0.5) is 0 Å². The van der Waals surface area contributed by atoms with Crippen molar-refractivity contribution in [3.63, 3.8) is 0 Å². The average molecular weight is 391 g/mol. The van der Waals surface area contributed by atoms with Gasteiger partial charge in [-0.15, -0.1) is 0 Å². The summed E-state index contributed by atoms with van der Waals surface area (Å²) in [5, 5.41) is 2.71. The molecule has 1 aliphatic rings. The maximum absolute atomic E-state index is 12.2. The molecule has 122 valence electrons. The number of sulfonamides is 1. The monoisotopic (exact) mass is 390 g/mol. The van der Waals surface area contributed by atoms with Gasteiger partial charge in [0.15, 0.2) is 0 Å². The van der Waals surface area contributed by atoms with Crippen molar-refractivity contribution in [1.82, 2.24) is 10.0 Å². The normalized spacial score (nSPS) is 19.8. The lowest BCUT2D eigenvalue weighted by Crippen LogP contribution is -2.46. The highest BCUT2D eigenvalue weighted by Gasteiger charge is 2.23. The van der Waals surface area contributed by atoms with Crippen LogP contribution in [0, 0.1) is 0 Å². The van der Waals surface area contributed by atoms with Crippen molar-refractivity contribution in [1.29, 1.82) is 0 Å². The highest BCUT2D eigenvalue weighted by Crippen LogP contribution is 2.15. The molecule has 1 saturated heterocycles. The van der Waals surface area contributed by atoms with Crippen molar-refractivity contribution >= 4 is 31.9 Å². The predicted octanol–water partition coefficient (Wildman–Crippen LogP) is 1.41. The van der Waals surface area contributed by atoms with E-state index in [-0.39, 0.29) is 16.9 Å². The summed E-state index contributed by atoms with van der Waals surface area (Å²) >= 11 is 3.25. The Morgan fingerprint density at radius 3 is 2.68 bits per heavy atom. The lowest BCUT2D eigenvalue weighted by atomic mass is 10.2. The topological polar surface area (TPSA) is 84.5 Å². The van der Waals surface area contributed by atoms with E-state index in [0.717, 1.165) is 17.3 Å². The third kappa shape index (κ3) is 4.77. The number of hydrogen-bond acceptors (Lipinski definition) is 4. The van der Waals surface area contributed by atoms with Gasteiger partial charge in [-0.25, -0.2) is 8.42 Å². The van der Waals surface area contributed by atoms with Gasteiger partial charge < -0.3 is 10.1 Å². The summed E-state index contributed by atoms with van der Waals surface area (Å²) in [6, 6.07) is 5.37. The number of hydrogen-bond donors (Lipinski definition) is 2. The molecule has 8 heteroatoms. The van der Waals surface area contributed by atoms with Gasteiger partial charge in [-0.05, 0) is 44.0 Å². The summed E-state index contributed by atoms with van der Waals surface area (Å²) in [5.74, 6) is -0.365. The highest BCUT2D eigenvalue weighted by molar-refractivity contribution is 9.10. The Hall–Kier alpha value is -0.960. The summed E-state index contributed by atoms with van der Waals surface area (Å²) < 4.78 is 32.9. The van der Waals surface area contributed by atoms with Gasteiger partial charge in [-0.1, -0.05) is 15.9 Å². The predicted molar refractivity (Wildman–Crippen MR) is 85.9 cm³/mol. The summed E-state index contributed by atoms with van der Waals surface area (Å²) in [5.41, 5.74) is 0. The van der Waals surface area contributed by atoms with Crippen LogP contribution in [0.3, 0.4) is 0 Å². The van der Waals surface area contributed by atoms with Crippen molar-refractivity contribution in [2.24, 2.45) is 0 Å². The van der Waals surface area contributed by atoms with Crippen molar-refractivity contribution in [2.45, 2.75) is 36.8 Å². The molecular weight excluding hydrogens is 372 g/mol. The first-order valence-corrected chi connectivity index (χ1v) is 9.33. The van der Waals surface area contributed by atoms with E-state index in [1.54, 1.807) is 12.1 Å². The minimum Gasteiger partial charge on any atom is -0.376 e. The molecule has 0 saturated carbocycles. The quantitative estimate of drug-likeness (QED) is 0.768. The molecule has 0 aliphatic carbocycles. The molecule has 2 atom stereocenters. The number of amides is 1. The van der Waals surface area contributed by atoms with Gasteiger partial charge in [0, 0.05) is 17.6 Å². The number of ether oxygens (including phenoxy) is 1. The smallest absolute Gasteiger partial charge is 0.241 e. The van der Waals surface area contributed by atoms with Gasteiger partial charge in [-0.2, -0.15) is 4.72 Å². The molecule has 0 radical (unpaired) electrons. The second-order valence-electron chi connectivity index (χ2n) is 5.18. The van der Waals surface area contributed by atoms with E-state index < -0.39 is 16.1 Å². The molecule has 2 rings (SSSR count). The Morgan fingerprint density at radius 2 is 2.09 bits per heavy atom. The molecule has 0 spiro atoms. The van der Waals surface area contributed by atoms with E-state index in [0.29, 0.717) is 13.2 Å². The third-order valence-corrected chi connectivity index (χ3v) is 5.46. The van der Waals surface area contributed by atoms with E-state index in [1.165, 1.54) is 19.1 Å². The molecule has 1 fully saturated rings. The van der Waals surface area contributed by atoms with Crippen molar-refractivity contribution in [3.8, 4) is 0 Å². The Kier molecular flexibility index (Phi) is 5.96. The van der Waals surface area contributed by atoms with Crippen LogP contribution in [0.25, 0.3) is 0 Å². The highest BCUT2D eigenvalue weighted by atomic mass is 79.9. The lowest BCUT2D eigenvalue weighted by Gasteiger charge is -2.16. The minimum atomic E-state index is -3.72. The Bertz CT molecular complexity index is 612. The number of rotatable bonds is 6. The van der Waals surface area contributed by atoms with Gasteiger partial charge in [0.05, 0.1) is 17.0 Å². The summed E-state index contributed by atoms with van der Waals surface area (Å²) in [6.45, 7) is 2.64. The SMILES string of the molecule is C[C@@H](NS(=O)(=O)c1ccc(Br)cc1)C(=O)NC[C@@H]1CCCO1. The average Bonchev–Trinajstić information content (AvgIpc) is 2.98. The van der Waals surface area contributed by atoms with E-state index in [9.17, 15) is 13.2 Å². The van der Waals surface area contributed by atoms with Crippen LogP contribution in [0.15, 0.2) is 33.6 Å². The maximum atomic E-state index is 12.2. The number of benzene rings is 1. The molecule has 1 aliphatic heterocycles. The van der Waals surface area contributed by atoms with Crippen LogP contribution >= 0.6 is 15.9 Å².